The zero-order chi connectivity index (χ0) is 12.4. The van der Waals surface area contributed by atoms with Crippen molar-refractivity contribution in [3.8, 4) is 0 Å². The second kappa shape index (κ2) is 5.24. The Bertz CT molecular complexity index is 561. The Morgan fingerprint density at radius 1 is 1.33 bits per heavy atom. The van der Waals surface area contributed by atoms with Gasteiger partial charge < -0.3 is 4.57 Å². The number of rotatable bonds is 3. The number of carbonyl (C=O) groups excluding carboxylic acids is 1. The van der Waals surface area contributed by atoms with E-state index in [4.69, 9.17) is 0 Å². The van der Waals surface area contributed by atoms with Crippen LogP contribution in [0.3, 0.4) is 0 Å². The van der Waals surface area contributed by atoms with Crippen LogP contribution in [0.4, 0.5) is 0 Å². The van der Waals surface area contributed by atoms with Gasteiger partial charge in [0.05, 0.1) is 4.88 Å². The van der Waals surface area contributed by atoms with E-state index in [1.807, 2.05) is 11.4 Å². The third kappa shape index (κ3) is 2.35. The van der Waals surface area contributed by atoms with Crippen LogP contribution in [-0.4, -0.2) is 21.1 Å². The fourth-order valence-corrected chi connectivity index (χ4v) is 3.86. The molecule has 2 aromatic heterocycles. The van der Waals surface area contributed by atoms with Gasteiger partial charge in [-0.15, -0.1) is 21.5 Å². The van der Waals surface area contributed by atoms with Crippen LogP contribution in [0.5, 0.6) is 0 Å². The highest BCUT2D eigenvalue weighted by Gasteiger charge is 2.15. The summed E-state index contributed by atoms with van der Waals surface area (Å²) in [5.74, 6) is 1.10. The maximum atomic E-state index is 10.7. The molecule has 6 heteroatoms. The standard InChI is InChI=1S/C12H13N3OS2/c16-7-9-6-10(8-17-9)18-12-14-13-11-4-2-1-3-5-15(11)12/h6-8H,1-5H2. The van der Waals surface area contributed by atoms with E-state index >= 15 is 0 Å². The molecule has 1 aliphatic rings. The molecule has 0 radical (unpaired) electrons. The Kier molecular flexibility index (Phi) is 3.47. The molecule has 0 aromatic carbocycles. The minimum Gasteiger partial charge on any atom is -0.306 e. The minimum absolute atomic E-state index is 0.758. The fraction of sp³-hybridized carbons (Fsp3) is 0.417. The lowest BCUT2D eigenvalue weighted by molar-refractivity contribution is 0.112. The summed E-state index contributed by atoms with van der Waals surface area (Å²) in [6, 6.07) is 1.90. The lowest BCUT2D eigenvalue weighted by atomic mass is 10.2. The van der Waals surface area contributed by atoms with Crippen LogP contribution in [0.15, 0.2) is 21.5 Å². The van der Waals surface area contributed by atoms with Crippen LogP contribution in [0.1, 0.15) is 34.8 Å². The average molecular weight is 279 g/mol. The minimum atomic E-state index is 0.758. The first kappa shape index (κ1) is 11.9. The second-order valence-electron chi connectivity index (χ2n) is 4.27. The summed E-state index contributed by atoms with van der Waals surface area (Å²) in [5, 5.41) is 11.5. The van der Waals surface area contributed by atoms with Gasteiger partial charge in [-0.1, -0.05) is 6.42 Å². The molecule has 0 aliphatic carbocycles. The Hall–Kier alpha value is -1.14. The first-order valence-electron chi connectivity index (χ1n) is 6.00. The predicted molar refractivity (Wildman–Crippen MR) is 71.4 cm³/mol. The maximum absolute atomic E-state index is 10.7. The molecule has 18 heavy (non-hydrogen) atoms. The lowest BCUT2D eigenvalue weighted by Gasteiger charge is -2.04. The molecule has 0 amide bonds. The molecule has 3 heterocycles. The molecule has 0 atom stereocenters. The number of aldehydes is 1. The van der Waals surface area contributed by atoms with Crippen LogP contribution >= 0.6 is 23.1 Å². The zero-order valence-electron chi connectivity index (χ0n) is 9.83. The summed E-state index contributed by atoms with van der Waals surface area (Å²) in [6.07, 6.45) is 5.58. The van der Waals surface area contributed by atoms with Gasteiger partial charge in [-0.25, -0.2) is 0 Å². The Morgan fingerprint density at radius 3 is 3.11 bits per heavy atom. The number of fused-ring (bicyclic) bond motifs is 1. The van der Waals surface area contributed by atoms with Crippen molar-refractivity contribution in [3.63, 3.8) is 0 Å². The second-order valence-corrected chi connectivity index (χ2v) is 6.25. The zero-order valence-corrected chi connectivity index (χ0v) is 11.5. The van der Waals surface area contributed by atoms with Crippen LogP contribution < -0.4 is 0 Å². The van der Waals surface area contributed by atoms with Crippen molar-refractivity contribution in [1.82, 2.24) is 14.8 Å². The summed E-state index contributed by atoms with van der Waals surface area (Å²) < 4.78 is 2.22. The molecule has 0 saturated carbocycles. The highest BCUT2D eigenvalue weighted by molar-refractivity contribution is 7.99. The number of carbonyl (C=O) groups is 1. The van der Waals surface area contributed by atoms with Gasteiger partial charge in [0.2, 0.25) is 0 Å². The molecule has 0 N–H and O–H groups in total. The largest absolute Gasteiger partial charge is 0.306 e. The molecule has 0 unspecified atom stereocenters. The summed E-state index contributed by atoms with van der Waals surface area (Å²) in [6.45, 7) is 1.01. The van der Waals surface area contributed by atoms with E-state index in [0.717, 1.165) is 40.0 Å². The number of nitrogens with zero attached hydrogens (tertiary/aromatic N) is 3. The molecule has 0 saturated heterocycles. The van der Waals surface area contributed by atoms with E-state index in [0.29, 0.717) is 0 Å². The van der Waals surface area contributed by atoms with E-state index in [1.54, 1.807) is 11.8 Å². The van der Waals surface area contributed by atoms with E-state index in [2.05, 4.69) is 14.8 Å². The molecule has 0 bridgehead atoms. The van der Waals surface area contributed by atoms with Gasteiger partial charge in [0.25, 0.3) is 0 Å². The van der Waals surface area contributed by atoms with E-state index in [-0.39, 0.29) is 0 Å². The highest BCUT2D eigenvalue weighted by atomic mass is 32.2. The summed E-state index contributed by atoms with van der Waals surface area (Å²) in [5.41, 5.74) is 0. The Labute approximate surface area is 113 Å². The van der Waals surface area contributed by atoms with E-state index in [9.17, 15) is 4.79 Å². The van der Waals surface area contributed by atoms with Gasteiger partial charge in [0.1, 0.15) is 5.82 Å². The Morgan fingerprint density at radius 2 is 2.28 bits per heavy atom. The smallest absolute Gasteiger partial charge is 0.196 e. The Balaban J connectivity index is 1.84. The number of hydrogen-bond donors (Lipinski definition) is 0. The summed E-state index contributed by atoms with van der Waals surface area (Å²) in [4.78, 5) is 12.5. The monoisotopic (exact) mass is 279 g/mol. The number of thiophene rings is 1. The van der Waals surface area contributed by atoms with Crippen molar-refractivity contribution in [2.45, 2.75) is 42.3 Å². The molecule has 1 aliphatic heterocycles. The van der Waals surface area contributed by atoms with Crippen molar-refractivity contribution in [3.05, 3.63) is 22.1 Å². The predicted octanol–water partition coefficient (Wildman–Crippen LogP) is 3.03. The quantitative estimate of drug-likeness (QED) is 0.810. The molecule has 0 spiro atoms. The molecule has 4 nitrogen and oxygen atoms in total. The SMILES string of the molecule is O=Cc1cc(Sc2nnc3n2CCCCC3)cs1. The van der Waals surface area contributed by atoms with Crippen molar-refractivity contribution >= 4 is 29.4 Å². The van der Waals surface area contributed by atoms with Crippen LogP contribution in [0.25, 0.3) is 0 Å². The van der Waals surface area contributed by atoms with Crippen LogP contribution in [0, 0.1) is 0 Å². The van der Waals surface area contributed by atoms with Crippen molar-refractivity contribution < 1.29 is 4.79 Å². The van der Waals surface area contributed by atoms with Crippen molar-refractivity contribution in [1.29, 1.82) is 0 Å². The third-order valence-corrected chi connectivity index (χ3v) is 4.96. The number of hydrogen-bond acceptors (Lipinski definition) is 5. The average Bonchev–Trinajstić information content (AvgIpc) is 2.91. The van der Waals surface area contributed by atoms with Gasteiger partial charge in [-0.2, -0.15) is 0 Å². The lowest BCUT2D eigenvalue weighted by Crippen LogP contribution is -2.01. The summed E-state index contributed by atoms with van der Waals surface area (Å²) >= 11 is 3.06. The van der Waals surface area contributed by atoms with E-state index < -0.39 is 0 Å². The highest BCUT2D eigenvalue weighted by Crippen LogP contribution is 2.31. The van der Waals surface area contributed by atoms with Gasteiger partial charge in [-0.05, 0) is 30.7 Å². The summed E-state index contributed by atoms with van der Waals surface area (Å²) in [7, 11) is 0. The molecular weight excluding hydrogens is 266 g/mol. The van der Waals surface area contributed by atoms with Crippen molar-refractivity contribution in [2.75, 3.05) is 0 Å². The van der Waals surface area contributed by atoms with Gasteiger partial charge in [0.15, 0.2) is 11.4 Å². The van der Waals surface area contributed by atoms with E-state index in [1.165, 1.54) is 30.6 Å². The van der Waals surface area contributed by atoms with Gasteiger partial charge in [0, 0.05) is 23.2 Å². The molecule has 3 rings (SSSR count). The first-order valence-corrected chi connectivity index (χ1v) is 7.70. The number of aromatic nitrogens is 3. The normalized spacial score (nSPS) is 15.1. The topological polar surface area (TPSA) is 47.8 Å². The molecule has 94 valence electrons. The van der Waals surface area contributed by atoms with Crippen LogP contribution in [0.2, 0.25) is 0 Å². The van der Waals surface area contributed by atoms with Gasteiger partial charge >= 0.3 is 0 Å². The molecule has 2 aromatic rings. The third-order valence-electron chi connectivity index (χ3n) is 3.00. The van der Waals surface area contributed by atoms with Crippen molar-refractivity contribution in [2.24, 2.45) is 0 Å². The molecular formula is C12H13N3OS2. The van der Waals surface area contributed by atoms with Crippen LogP contribution in [-0.2, 0) is 13.0 Å². The fourth-order valence-electron chi connectivity index (χ4n) is 2.09. The molecule has 0 fully saturated rings. The van der Waals surface area contributed by atoms with Gasteiger partial charge in [-0.3, -0.25) is 4.79 Å². The number of aryl methyl sites for hydroxylation is 1. The maximum Gasteiger partial charge on any atom is 0.196 e. The first-order chi connectivity index (χ1) is 8.86.